The van der Waals surface area contributed by atoms with E-state index in [0.717, 1.165) is 19.3 Å². The number of hydrogen-bond donors (Lipinski definition) is 1. The Balaban J connectivity index is 1.76. The van der Waals surface area contributed by atoms with E-state index in [1.54, 1.807) is 0 Å². The van der Waals surface area contributed by atoms with Crippen LogP contribution in [0, 0.1) is 0 Å². The third kappa shape index (κ3) is 4.50. The van der Waals surface area contributed by atoms with Gasteiger partial charge in [0.2, 0.25) is 11.8 Å². The number of likely N-dealkylation sites (tertiary alicyclic amines) is 1. The van der Waals surface area contributed by atoms with Crippen LogP contribution in [0.15, 0.2) is 24.3 Å². The molecule has 0 saturated carbocycles. The van der Waals surface area contributed by atoms with Crippen molar-refractivity contribution in [2.24, 2.45) is 0 Å². The fourth-order valence-corrected chi connectivity index (χ4v) is 4.23. The summed E-state index contributed by atoms with van der Waals surface area (Å²) in [7, 11) is 1.54. The first-order chi connectivity index (χ1) is 12.9. The van der Waals surface area contributed by atoms with E-state index in [0.29, 0.717) is 19.5 Å². The van der Waals surface area contributed by atoms with Gasteiger partial charge >= 0.3 is 0 Å². The van der Waals surface area contributed by atoms with Gasteiger partial charge in [0.25, 0.3) is 0 Å². The third-order valence-electron chi connectivity index (χ3n) is 5.40. The molecule has 6 heteroatoms. The highest BCUT2D eigenvalue weighted by atomic mass is 16.5. The zero-order valence-corrected chi connectivity index (χ0v) is 16.5. The van der Waals surface area contributed by atoms with Crippen molar-refractivity contribution in [3.05, 3.63) is 35.4 Å². The van der Waals surface area contributed by atoms with Gasteiger partial charge in [-0.1, -0.05) is 24.3 Å². The van der Waals surface area contributed by atoms with Crippen molar-refractivity contribution in [2.75, 3.05) is 26.8 Å². The monoisotopic (exact) mass is 374 g/mol. The number of piperidine rings is 1. The number of nitrogens with one attached hydrogen (secondary N) is 1. The quantitative estimate of drug-likeness (QED) is 0.856. The molecule has 0 radical (unpaired) electrons. The number of rotatable bonds is 5. The summed E-state index contributed by atoms with van der Waals surface area (Å²) in [5, 5.41) is 2.96. The standard InChI is InChI=1S/C21H30N2O4/c1-15(2)22-19(24)13-17-12-16-6-4-5-7-18(16)21(27-17)8-10-23(11-9-21)20(25)14-26-3/h4-7,15,17H,8-14H2,1-3H3,(H,22,24). The summed E-state index contributed by atoms with van der Waals surface area (Å²) in [6, 6.07) is 8.47. The molecule has 1 N–H and O–H groups in total. The molecule has 2 aliphatic heterocycles. The van der Waals surface area contributed by atoms with Gasteiger partial charge in [-0.2, -0.15) is 0 Å². The van der Waals surface area contributed by atoms with E-state index in [1.807, 2.05) is 30.9 Å². The van der Waals surface area contributed by atoms with Gasteiger partial charge in [0.15, 0.2) is 0 Å². The van der Waals surface area contributed by atoms with E-state index in [4.69, 9.17) is 9.47 Å². The van der Waals surface area contributed by atoms with Crippen LogP contribution in [-0.4, -0.2) is 55.7 Å². The zero-order valence-electron chi connectivity index (χ0n) is 16.5. The lowest BCUT2D eigenvalue weighted by atomic mass is 9.78. The average Bonchev–Trinajstić information content (AvgIpc) is 2.62. The van der Waals surface area contributed by atoms with Crippen molar-refractivity contribution in [3.8, 4) is 0 Å². The van der Waals surface area contributed by atoms with Crippen LogP contribution >= 0.6 is 0 Å². The molecule has 1 aromatic rings. The number of fused-ring (bicyclic) bond motifs is 2. The average molecular weight is 374 g/mol. The molecular weight excluding hydrogens is 344 g/mol. The molecule has 1 atom stereocenters. The van der Waals surface area contributed by atoms with Gasteiger partial charge in [0.1, 0.15) is 6.61 Å². The Morgan fingerprint density at radius 1 is 1.30 bits per heavy atom. The maximum atomic E-state index is 12.3. The smallest absolute Gasteiger partial charge is 0.248 e. The minimum absolute atomic E-state index is 0.0179. The Hall–Kier alpha value is -1.92. The van der Waals surface area contributed by atoms with Crippen molar-refractivity contribution in [3.63, 3.8) is 0 Å². The van der Waals surface area contributed by atoms with Crippen molar-refractivity contribution >= 4 is 11.8 Å². The number of carbonyl (C=O) groups excluding carboxylic acids is 2. The first-order valence-electron chi connectivity index (χ1n) is 9.76. The van der Waals surface area contributed by atoms with Crippen LogP contribution < -0.4 is 5.32 Å². The highest BCUT2D eigenvalue weighted by Gasteiger charge is 2.44. The number of benzene rings is 1. The summed E-state index contributed by atoms with van der Waals surface area (Å²) in [5.41, 5.74) is 2.05. The van der Waals surface area contributed by atoms with Crippen LogP contribution in [0.1, 0.15) is 44.2 Å². The molecule has 6 nitrogen and oxygen atoms in total. The van der Waals surface area contributed by atoms with Crippen molar-refractivity contribution in [1.82, 2.24) is 10.2 Å². The van der Waals surface area contributed by atoms with E-state index in [9.17, 15) is 9.59 Å². The summed E-state index contributed by atoms with van der Waals surface area (Å²) < 4.78 is 11.5. The molecule has 2 aliphatic rings. The number of carbonyl (C=O) groups is 2. The second kappa shape index (κ2) is 8.40. The number of nitrogens with zero attached hydrogens (tertiary/aromatic N) is 1. The van der Waals surface area contributed by atoms with Crippen molar-refractivity contribution in [1.29, 1.82) is 0 Å². The molecule has 27 heavy (non-hydrogen) atoms. The number of methoxy groups -OCH3 is 1. The molecule has 148 valence electrons. The summed E-state index contributed by atoms with van der Waals surface area (Å²) in [6.45, 7) is 5.32. The van der Waals surface area contributed by atoms with Gasteiger partial charge in [0.05, 0.1) is 18.1 Å². The second-order valence-corrected chi connectivity index (χ2v) is 7.84. The molecule has 0 aliphatic carbocycles. The molecule has 1 aromatic carbocycles. The molecule has 2 heterocycles. The Morgan fingerprint density at radius 3 is 2.67 bits per heavy atom. The molecule has 0 aromatic heterocycles. The fourth-order valence-electron chi connectivity index (χ4n) is 4.23. The maximum absolute atomic E-state index is 12.3. The Bertz CT molecular complexity index is 681. The molecule has 1 spiro atoms. The van der Waals surface area contributed by atoms with Gasteiger partial charge in [-0.05, 0) is 44.2 Å². The van der Waals surface area contributed by atoms with Crippen LogP contribution in [-0.2, 0) is 31.1 Å². The zero-order chi connectivity index (χ0) is 19.4. The lowest BCUT2D eigenvalue weighted by Crippen LogP contribution is -2.51. The molecular formula is C21H30N2O4. The lowest BCUT2D eigenvalue weighted by Gasteiger charge is -2.47. The van der Waals surface area contributed by atoms with Gasteiger partial charge < -0.3 is 19.7 Å². The third-order valence-corrected chi connectivity index (χ3v) is 5.40. The van der Waals surface area contributed by atoms with Gasteiger partial charge in [0, 0.05) is 26.2 Å². The van der Waals surface area contributed by atoms with E-state index in [1.165, 1.54) is 18.2 Å². The molecule has 1 fully saturated rings. The molecule has 0 bridgehead atoms. The largest absolute Gasteiger partial charge is 0.375 e. The van der Waals surface area contributed by atoms with Crippen LogP contribution in [0.4, 0.5) is 0 Å². The van der Waals surface area contributed by atoms with E-state index >= 15 is 0 Å². The van der Waals surface area contributed by atoms with Gasteiger partial charge in [-0.25, -0.2) is 0 Å². The molecule has 1 unspecified atom stereocenters. The van der Waals surface area contributed by atoms with Gasteiger partial charge in [-0.3, -0.25) is 9.59 Å². The number of hydrogen-bond acceptors (Lipinski definition) is 4. The van der Waals surface area contributed by atoms with Gasteiger partial charge in [-0.15, -0.1) is 0 Å². The summed E-state index contributed by atoms with van der Waals surface area (Å²) in [4.78, 5) is 26.2. The predicted molar refractivity (Wildman–Crippen MR) is 102 cm³/mol. The van der Waals surface area contributed by atoms with Crippen molar-refractivity contribution < 1.29 is 19.1 Å². The molecule has 3 rings (SSSR count). The molecule has 1 saturated heterocycles. The number of ether oxygens (including phenoxy) is 2. The first kappa shape index (κ1) is 19.8. The van der Waals surface area contributed by atoms with Crippen LogP contribution in [0.5, 0.6) is 0 Å². The Labute approximate surface area is 161 Å². The maximum Gasteiger partial charge on any atom is 0.248 e. The topological polar surface area (TPSA) is 67.9 Å². The van der Waals surface area contributed by atoms with E-state index in [-0.39, 0.29) is 30.6 Å². The summed E-state index contributed by atoms with van der Waals surface area (Å²) in [5.74, 6) is 0.0431. The highest BCUT2D eigenvalue weighted by molar-refractivity contribution is 5.77. The van der Waals surface area contributed by atoms with E-state index < -0.39 is 5.60 Å². The van der Waals surface area contributed by atoms with Crippen LogP contribution in [0.25, 0.3) is 0 Å². The first-order valence-corrected chi connectivity index (χ1v) is 9.76. The minimum atomic E-state index is -0.415. The molecule has 2 amide bonds. The highest BCUT2D eigenvalue weighted by Crippen LogP contribution is 2.43. The van der Waals surface area contributed by atoms with E-state index in [2.05, 4.69) is 17.4 Å². The lowest BCUT2D eigenvalue weighted by molar-refractivity contribution is -0.158. The van der Waals surface area contributed by atoms with Crippen LogP contribution in [0.3, 0.4) is 0 Å². The SMILES string of the molecule is COCC(=O)N1CCC2(CC1)OC(CC(=O)NC(C)C)Cc1ccccc12. The second-order valence-electron chi connectivity index (χ2n) is 7.84. The predicted octanol–water partition coefficient (Wildman–Crippen LogP) is 2.01. The van der Waals surface area contributed by atoms with Crippen LogP contribution in [0.2, 0.25) is 0 Å². The minimum Gasteiger partial charge on any atom is -0.375 e. The Kier molecular flexibility index (Phi) is 6.17. The summed E-state index contributed by atoms with van der Waals surface area (Å²) in [6.07, 6.45) is 2.44. The fraction of sp³-hybridized carbons (Fsp3) is 0.619. The number of amides is 2. The normalized spacial score (nSPS) is 21.2. The van der Waals surface area contributed by atoms with Crippen molar-refractivity contribution in [2.45, 2.75) is 57.3 Å². The Morgan fingerprint density at radius 2 is 2.00 bits per heavy atom. The summed E-state index contributed by atoms with van der Waals surface area (Å²) >= 11 is 0.